The SMILES string of the molecule is CC(C)C[C@H](NC(=O)c1ccc(C(C)(C)C)cc1)C(=O)N1[C@@H]2C(=O)CN(C(=O)c3ccccc3)[C@@H]2CN1C(=O)O. The molecule has 0 aliphatic carbocycles. The van der Waals surface area contributed by atoms with Gasteiger partial charge < -0.3 is 15.3 Å². The number of hydrogen-bond acceptors (Lipinski definition) is 5. The number of carbonyl (C=O) groups is 5. The van der Waals surface area contributed by atoms with Crippen molar-refractivity contribution in [3.8, 4) is 0 Å². The van der Waals surface area contributed by atoms with Gasteiger partial charge in [-0.15, -0.1) is 0 Å². The van der Waals surface area contributed by atoms with Crippen molar-refractivity contribution in [2.24, 2.45) is 5.92 Å². The van der Waals surface area contributed by atoms with E-state index in [1.54, 1.807) is 42.5 Å². The van der Waals surface area contributed by atoms with Crippen LogP contribution in [0.3, 0.4) is 0 Å². The highest BCUT2D eigenvalue weighted by atomic mass is 16.4. The number of nitrogens with one attached hydrogen (secondary N) is 1. The lowest BCUT2D eigenvalue weighted by Gasteiger charge is -2.32. The molecule has 2 aliphatic rings. The summed E-state index contributed by atoms with van der Waals surface area (Å²) in [5, 5.41) is 14.5. The molecule has 2 heterocycles. The van der Waals surface area contributed by atoms with E-state index in [1.807, 2.05) is 26.0 Å². The molecule has 2 fully saturated rings. The quantitative estimate of drug-likeness (QED) is 0.570. The van der Waals surface area contributed by atoms with Crippen LogP contribution in [0.2, 0.25) is 0 Å². The highest BCUT2D eigenvalue weighted by Crippen LogP contribution is 2.32. The van der Waals surface area contributed by atoms with E-state index in [2.05, 4.69) is 26.1 Å². The van der Waals surface area contributed by atoms with Gasteiger partial charge in [-0.1, -0.05) is 65.0 Å². The highest BCUT2D eigenvalue weighted by molar-refractivity contribution is 6.04. The number of hydrazine groups is 1. The number of fused-ring (bicyclic) bond motifs is 1. The summed E-state index contributed by atoms with van der Waals surface area (Å²) in [5.74, 6) is -2.04. The summed E-state index contributed by atoms with van der Waals surface area (Å²) in [5.41, 5.74) is 1.68. The second-order valence-electron chi connectivity index (χ2n) is 11.8. The third kappa shape index (κ3) is 5.71. The summed E-state index contributed by atoms with van der Waals surface area (Å²) in [6, 6.07) is 12.4. The van der Waals surface area contributed by atoms with Crippen LogP contribution in [0.5, 0.6) is 0 Å². The summed E-state index contributed by atoms with van der Waals surface area (Å²) in [6.07, 6.45) is -1.19. The van der Waals surface area contributed by atoms with Crippen LogP contribution < -0.4 is 5.32 Å². The van der Waals surface area contributed by atoms with E-state index in [-0.39, 0.29) is 30.8 Å². The second-order valence-corrected chi connectivity index (χ2v) is 11.8. The van der Waals surface area contributed by atoms with Crippen LogP contribution in [0.4, 0.5) is 4.79 Å². The number of nitrogens with zero attached hydrogens (tertiary/aromatic N) is 3. The Morgan fingerprint density at radius 1 is 0.975 bits per heavy atom. The molecular weight excluding hydrogens is 512 g/mol. The van der Waals surface area contributed by atoms with Crippen LogP contribution in [0.1, 0.15) is 67.3 Å². The molecule has 10 nitrogen and oxygen atoms in total. The first-order chi connectivity index (χ1) is 18.8. The van der Waals surface area contributed by atoms with Gasteiger partial charge >= 0.3 is 6.09 Å². The smallest absolute Gasteiger partial charge is 0.426 e. The van der Waals surface area contributed by atoms with E-state index >= 15 is 0 Å². The number of rotatable bonds is 6. The lowest BCUT2D eigenvalue weighted by molar-refractivity contribution is -0.150. The fourth-order valence-corrected chi connectivity index (χ4v) is 5.29. The standard InChI is InChI=1S/C30H36N4O6/c1-18(2)15-22(31-26(36)19-11-13-21(14-12-19)30(3,4)5)28(38)34-25-23(16-33(34)29(39)40)32(17-24(25)35)27(37)20-9-7-6-8-10-20/h6-14,18,22-23,25H,15-17H2,1-5H3,(H,31,36)(H,39,40)/t22-,23+,25-/m0/s1. The van der Waals surface area contributed by atoms with Crippen molar-refractivity contribution >= 4 is 29.6 Å². The largest absolute Gasteiger partial charge is 0.464 e. The molecule has 10 heteroatoms. The van der Waals surface area contributed by atoms with Crippen molar-refractivity contribution in [1.82, 2.24) is 20.2 Å². The number of amides is 4. The molecule has 0 saturated carbocycles. The number of carbonyl (C=O) groups excluding carboxylic acids is 4. The van der Waals surface area contributed by atoms with Crippen LogP contribution >= 0.6 is 0 Å². The second kappa shape index (κ2) is 11.1. The van der Waals surface area contributed by atoms with Crippen molar-refractivity contribution in [3.63, 3.8) is 0 Å². The molecule has 2 N–H and O–H groups in total. The molecule has 2 aromatic carbocycles. The maximum Gasteiger partial charge on any atom is 0.426 e. The summed E-state index contributed by atoms with van der Waals surface area (Å²) in [4.78, 5) is 67.1. The summed E-state index contributed by atoms with van der Waals surface area (Å²) >= 11 is 0. The number of ketones is 1. The van der Waals surface area contributed by atoms with Gasteiger partial charge in [0.1, 0.15) is 12.1 Å². The zero-order valence-corrected chi connectivity index (χ0v) is 23.5. The zero-order chi connectivity index (χ0) is 29.4. The average molecular weight is 549 g/mol. The highest BCUT2D eigenvalue weighted by Gasteiger charge is 2.57. The summed E-state index contributed by atoms with van der Waals surface area (Å²) in [6.45, 7) is 9.50. The monoisotopic (exact) mass is 548 g/mol. The van der Waals surface area contributed by atoms with Crippen molar-refractivity contribution < 1.29 is 29.1 Å². The molecule has 212 valence electrons. The molecule has 0 radical (unpaired) electrons. The predicted molar refractivity (Wildman–Crippen MR) is 147 cm³/mol. The Hall–Kier alpha value is -4.21. The molecule has 0 spiro atoms. The molecule has 0 unspecified atom stereocenters. The first kappa shape index (κ1) is 28.8. The van der Waals surface area contributed by atoms with Crippen molar-refractivity contribution in [1.29, 1.82) is 0 Å². The van der Waals surface area contributed by atoms with Crippen LogP contribution in [-0.4, -0.2) is 80.8 Å². The minimum atomic E-state index is -1.42. The summed E-state index contributed by atoms with van der Waals surface area (Å²) in [7, 11) is 0. The molecule has 0 aromatic heterocycles. The fraction of sp³-hybridized carbons (Fsp3) is 0.433. The Kier molecular flexibility index (Phi) is 8.00. The predicted octanol–water partition coefficient (Wildman–Crippen LogP) is 3.33. The van der Waals surface area contributed by atoms with Crippen molar-refractivity contribution in [3.05, 3.63) is 71.3 Å². The third-order valence-electron chi connectivity index (χ3n) is 7.36. The van der Waals surface area contributed by atoms with Crippen molar-refractivity contribution in [2.45, 2.75) is 64.6 Å². The Labute approximate surface area is 233 Å². The fourth-order valence-electron chi connectivity index (χ4n) is 5.29. The third-order valence-corrected chi connectivity index (χ3v) is 7.36. The summed E-state index contributed by atoms with van der Waals surface area (Å²) < 4.78 is 0. The van der Waals surface area contributed by atoms with Gasteiger partial charge in [-0.25, -0.2) is 14.8 Å². The maximum absolute atomic E-state index is 13.9. The number of benzene rings is 2. The number of hydrogen-bond donors (Lipinski definition) is 2. The van der Waals surface area contributed by atoms with E-state index in [0.29, 0.717) is 11.1 Å². The van der Waals surface area contributed by atoms with Crippen LogP contribution in [-0.2, 0) is 15.0 Å². The lowest BCUT2D eigenvalue weighted by Crippen LogP contribution is -2.57. The number of carboxylic acid groups (broad SMARTS) is 1. The minimum absolute atomic E-state index is 0.0235. The van der Waals surface area contributed by atoms with Crippen molar-refractivity contribution in [2.75, 3.05) is 13.1 Å². The Morgan fingerprint density at radius 2 is 1.60 bits per heavy atom. The van der Waals surface area contributed by atoms with E-state index in [4.69, 9.17) is 0 Å². The number of Topliss-reactive ketones (excluding diaryl/α,β-unsaturated/α-hetero) is 1. The van der Waals surface area contributed by atoms with Crippen LogP contribution in [0.15, 0.2) is 54.6 Å². The van der Waals surface area contributed by atoms with Gasteiger partial charge in [-0.3, -0.25) is 19.2 Å². The molecule has 4 amide bonds. The van der Waals surface area contributed by atoms with E-state index in [9.17, 15) is 29.1 Å². The first-order valence-electron chi connectivity index (χ1n) is 13.4. The van der Waals surface area contributed by atoms with Crippen LogP contribution in [0, 0.1) is 5.92 Å². The molecule has 3 atom stereocenters. The van der Waals surface area contributed by atoms with Gasteiger partial charge in [0.15, 0.2) is 5.78 Å². The average Bonchev–Trinajstić information content (AvgIpc) is 3.45. The Morgan fingerprint density at radius 3 is 2.15 bits per heavy atom. The molecule has 2 aliphatic heterocycles. The van der Waals surface area contributed by atoms with E-state index in [1.165, 1.54) is 4.90 Å². The zero-order valence-electron chi connectivity index (χ0n) is 23.5. The van der Waals surface area contributed by atoms with Gasteiger partial charge in [0.05, 0.1) is 19.1 Å². The molecule has 4 rings (SSSR count). The molecular formula is C30H36N4O6. The van der Waals surface area contributed by atoms with E-state index < -0.39 is 47.7 Å². The Bertz CT molecular complexity index is 1300. The molecule has 2 saturated heterocycles. The van der Waals surface area contributed by atoms with Gasteiger partial charge in [0.2, 0.25) is 0 Å². The van der Waals surface area contributed by atoms with Gasteiger partial charge in [0.25, 0.3) is 17.7 Å². The number of likely N-dealkylation sites (tertiary alicyclic amines) is 1. The maximum atomic E-state index is 13.9. The van der Waals surface area contributed by atoms with E-state index in [0.717, 1.165) is 15.6 Å². The lowest BCUT2D eigenvalue weighted by atomic mass is 9.86. The normalized spacial score (nSPS) is 19.6. The first-order valence-corrected chi connectivity index (χ1v) is 13.4. The van der Waals surface area contributed by atoms with Gasteiger partial charge in [0, 0.05) is 11.1 Å². The molecule has 2 aromatic rings. The van der Waals surface area contributed by atoms with Gasteiger partial charge in [-0.05, 0) is 47.6 Å². The van der Waals surface area contributed by atoms with Crippen LogP contribution in [0.25, 0.3) is 0 Å². The molecule has 40 heavy (non-hydrogen) atoms. The molecule has 0 bridgehead atoms. The van der Waals surface area contributed by atoms with Gasteiger partial charge in [-0.2, -0.15) is 0 Å². The Balaban J connectivity index is 1.60. The topological polar surface area (TPSA) is 127 Å². The minimum Gasteiger partial charge on any atom is -0.464 e.